The highest BCUT2D eigenvalue weighted by Gasteiger charge is 2.29. The number of benzene rings is 1. The summed E-state index contributed by atoms with van der Waals surface area (Å²) >= 11 is 0. The molecule has 1 amide bonds. The zero-order valence-electron chi connectivity index (χ0n) is 14.0. The molecular formula is C17H22N4O2. The number of oxime groups is 1. The summed E-state index contributed by atoms with van der Waals surface area (Å²) in [7, 11) is 1.91. The topological polar surface area (TPSA) is 68.5 Å². The van der Waals surface area contributed by atoms with Crippen LogP contribution in [0.5, 0.6) is 0 Å². The molecule has 2 aromatic rings. The average Bonchev–Trinajstić information content (AvgIpc) is 3.10. The number of fused-ring (bicyclic) bond motifs is 1. The van der Waals surface area contributed by atoms with Gasteiger partial charge < -0.3 is 10.2 Å². The van der Waals surface area contributed by atoms with Gasteiger partial charge in [-0.25, -0.2) is 0 Å². The van der Waals surface area contributed by atoms with Gasteiger partial charge >= 0.3 is 0 Å². The largest absolute Gasteiger partial charge is 0.382 e. The molecule has 0 spiro atoms. The van der Waals surface area contributed by atoms with Crippen molar-refractivity contribution in [3.8, 4) is 0 Å². The molecule has 0 bridgehead atoms. The maximum absolute atomic E-state index is 12.3. The maximum atomic E-state index is 12.3. The van der Waals surface area contributed by atoms with Crippen molar-refractivity contribution in [2.45, 2.75) is 39.8 Å². The van der Waals surface area contributed by atoms with Crippen molar-refractivity contribution in [3.05, 3.63) is 29.5 Å². The van der Waals surface area contributed by atoms with Gasteiger partial charge in [-0.2, -0.15) is 5.10 Å². The lowest BCUT2D eigenvalue weighted by Gasteiger charge is -2.09. The molecule has 6 nitrogen and oxygen atoms in total. The van der Waals surface area contributed by atoms with Crippen LogP contribution in [0.3, 0.4) is 0 Å². The summed E-state index contributed by atoms with van der Waals surface area (Å²) in [5.74, 6) is 0.159. The van der Waals surface area contributed by atoms with Gasteiger partial charge in [-0.15, -0.1) is 0 Å². The molecule has 2 heterocycles. The molecule has 0 saturated carbocycles. The maximum Gasteiger partial charge on any atom is 0.264 e. The lowest BCUT2D eigenvalue weighted by molar-refractivity contribution is -0.131. The molecule has 3 rings (SSSR count). The number of carbonyl (C=O) groups is 1. The fraction of sp³-hybridized carbons (Fsp3) is 0.471. The quantitative estimate of drug-likeness (QED) is 0.941. The van der Waals surface area contributed by atoms with E-state index >= 15 is 0 Å². The smallest absolute Gasteiger partial charge is 0.264 e. The molecule has 0 saturated heterocycles. The summed E-state index contributed by atoms with van der Waals surface area (Å²) in [6.45, 7) is 6.53. The lowest BCUT2D eigenvalue weighted by Crippen LogP contribution is -2.34. The molecule has 1 atom stereocenters. The lowest BCUT2D eigenvalue weighted by atomic mass is 10.0. The fourth-order valence-electron chi connectivity index (χ4n) is 2.74. The van der Waals surface area contributed by atoms with Crippen LogP contribution in [0.4, 0.5) is 0 Å². The van der Waals surface area contributed by atoms with Gasteiger partial charge in [-0.05, 0) is 25.0 Å². The van der Waals surface area contributed by atoms with Crippen molar-refractivity contribution in [1.29, 1.82) is 0 Å². The first-order valence-electron chi connectivity index (χ1n) is 7.88. The average molecular weight is 314 g/mol. The van der Waals surface area contributed by atoms with E-state index in [4.69, 9.17) is 4.84 Å². The Labute approximate surface area is 135 Å². The van der Waals surface area contributed by atoms with E-state index in [0.717, 1.165) is 22.3 Å². The van der Waals surface area contributed by atoms with Crippen molar-refractivity contribution < 1.29 is 9.63 Å². The predicted molar refractivity (Wildman–Crippen MR) is 89.1 cm³/mol. The van der Waals surface area contributed by atoms with Crippen molar-refractivity contribution in [1.82, 2.24) is 15.1 Å². The molecule has 6 heteroatoms. The summed E-state index contributed by atoms with van der Waals surface area (Å²) in [5, 5.41) is 12.5. The Morgan fingerprint density at radius 1 is 1.48 bits per heavy atom. The van der Waals surface area contributed by atoms with E-state index in [1.165, 1.54) is 5.56 Å². The van der Waals surface area contributed by atoms with Gasteiger partial charge in [0.15, 0.2) is 0 Å². The Kier molecular flexibility index (Phi) is 4.07. The van der Waals surface area contributed by atoms with Gasteiger partial charge in [-0.3, -0.25) is 9.48 Å². The molecule has 0 radical (unpaired) electrons. The molecule has 23 heavy (non-hydrogen) atoms. The molecule has 1 unspecified atom stereocenters. The van der Waals surface area contributed by atoms with Crippen molar-refractivity contribution in [2.75, 3.05) is 0 Å². The second kappa shape index (κ2) is 6.02. The van der Waals surface area contributed by atoms with Crippen LogP contribution < -0.4 is 5.32 Å². The van der Waals surface area contributed by atoms with Crippen LogP contribution in [0.2, 0.25) is 0 Å². The molecule has 0 aliphatic carbocycles. The van der Waals surface area contributed by atoms with Gasteiger partial charge in [0, 0.05) is 18.9 Å². The van der Waals surface area contributed by atoms with Crippen LogP contribution in [0, 0.1) is 12.8 Å². The highest BCUT2D eigenvalue weighted by Crippen LogP contribution is 2.20. The zero-order valence-corrected chi connectivity index (χ0v) is 14.0. The van der Waals surface area contributed by atoms with Crippen molar-refractivity contribution in [3.63, 3.8) is 0 Å². The molecular weight excluding hydrogens is 292 g/mol. The van der Waals surface area contributed by atoms with Gasteiger partial charge in [0.1, 0.15) is 0 Å². The van der Waals surface area contributed by atoms with Gasteiger partial charge in [0.2, 0.25) is 6.10 Å². The SMILES string of the molecule is Cc1ccc2c(c1)c(CNC(=O)C1CC(C(C)C)=NO1)nn2C. The summed E-state index contributed by atoms with van der Waals surface area (Å²) in [5.41, 5.74) is 4.03. The first kappa shape index (κ1) is 15.5. The van der Waals surface area contributed by atoms with E-state index in [2.05, 4.69) is 27.7 Å². The number of hydrogen-bond donors (Lipinski definition) is 1. The molecule has 1 aromatic carbocycles. The summed E-state index contributed by atoms with van der Waals surface area (Å²) in [6.07, 6.45) is 0.0371. The fourth-order valence-corrected chi connectivity index (χ4v) is 2.74. The highest BCUT2D eigenvalue weighted by atomic mass is 16.6. The van der Waals surface area contributed by atoms with Crippen LogP contribution in [0.25, 0.3) is 10.9 Å². The van der Waals surface area contributed by atoms with E-state index in [-0.39, 0.29) is 5.91 Å². The van der Waals surface area contributed by atoms with Crippen LogP contribution >= 0.6 is 0 Å². The standard InChI is InChI=1S/C17H22N4O2/c1-10(2)13-8-16(23-20-13)17(22)18-9-14-12-7-11(3)5-6-15(12)21(4)19-14/h5-7,10,16H,8-9H2,1-4H3,(H,18,22). The highest BCUT2D eigenvalue weighted by molar-refractivity contribution is 5.94. The number of carbonyl (C=O) groups excluding carboxylic acids is 1. The van der Waals surface area contributed by atoms with E-state index in [1.54, 1.807) is 0 Å². The van der Waals surface area contributed by atoms with Crippen LogP contribution in [0.1, 0.15) is 31.5 Å². The van der Waals surface area contributed by atoms with Crippen molar-refractivity contribution in [2.24, 2.45) is 18.1 Å². The van der Waals surface area contributed by atoms with E-state index in [1.807, 2.05) is 38.6 Å². The van der Waals surface area contributed by atoms with E-state index in [0.29, 0.717) is 18.9 Å². The molecule has 1 N–H and O–H groups in total. The van der Waals surface area contributed by atoms with Crippen LogP contribution in [-0.2, 0) is 23.2 Å². The first-order chi connectivity index (χ1) is 11.0. The number of rotatable bonds is 4. The Morgan fingerprint density at radius 2 is 2.26 bits per heavy atom. The third-order valence-electron chi connectivity index (χ3n) is 4.16. The summed E-state index contributed by atoms with van der Waals surface area (Å²) in [4.78, 5) is 17.5. The number of aryl methyl sites for hydroxylation is 2. The minimum Gasteiger partial charge on any atom is -0.382 e. The Hall–Kier alpha value is -2.37. The van der Waals surface area contributed by atoms with Crippen LogP contribution in [0.15, 0.2) is 23.4 Å². The molecule has 122 valence electrons. The Bertz CT molecular complexity index is 776. The van der Waals surface area contributed by atoms with Gasteiger partial charge in [0.25, 0.3) is 5.91 Å². The molecule has 1 aliphatic rings. The third-order valence-corrected chi connectivity index (χ3v) is 4.16. The molecule has 1 aromatic heterocycles. The predicted octanol–water partition coefficient (Wildman–Crippen LogP) is 2.30. The second-order valence-corrected chi connectivity index (χ2v) is 6.34. The number of nitrogens with one attached hydrogen (secondary N) is 1. The zero-order chi connectivity index (χ0) is 16.6. The normalized spacial score (nSPS) is 17.4. The van der Waals surface area contributed by atoms with Gasteiger partial charge in [0.05, 0.1) is 23.5 Å². The Balaban J connectivity index is 1.67. The minimum atomic E-state index is -0.524. The number of amides is 1. The first-order valence-corrected chi connectivity index (χ1v) is 7.88. The number of hydrogen-bond acceptors (Lipinski definition) is 4. The van der Waals surface area contributed by atoms with Crippen LogP contribution in [-0.4, -0.2) is 27.5 Å². The summed E-state index contributed by atoms with van der Waals surface area (Å²) in [6, 6.07) is 6.20. The number of nitrogens with zero attached hydrogens (tertiary/aromatic N) is 3. The summed E-state index contributed by atoms with van der Waals surface area (Å²) < 4.78 is 1.84. The van der Waals surface area contributed by atoms with E-state index < -0.39 is 6.10 Å². The van der Waals surface area contributed by atoms with Gasteiger partial charge in [-0.1, -0.05) is 30.6 Å². The Morgan fingerprint density at radius 3 is 2.96 bits per heavy atom. The third kappa shape index (κ3) is 3.06. The molecule has 1 aliphatic heterocycles. The molecule has 0 fully saturated rings. The minimum absolute atomic E-state index is 0.143. The monoisotopic (exact) mass is 314 g/mol. The number of aromatic nitrogens is 2. The van der Waals surface area contributed by atoms with E-state index in [9.17, 15) is 4.79 Å². The second-order valence-electron chi connectivity index (χ2n) is 6.34. The van der Waals surface area contributed by atoms with Crippen molar-refractivity contribution >= 4 is 22.5 Å².